The molecule has 0 saturated heterocycles. The first-order valence-electron chi connectivity index (χ1n) is 4.38. The van der Waals surface area contributed by atoms with E-state index in [0.29, 0.717) is 5.82 Å². The van der Waals surface area contributed by atoms with E-state index in [2.05, 4.69) is 10.1 Å². The van der Waals surface area contributed by atoms with Crippen LogP contribution in [0.2, 0.25) is 0 Å². The summed E-state index contributed by atoms with van der Waals surface area (Å²) < 4.78 is 7.89. The van der Waals surface area contributed by atoms with Gasteiger partial charge in [0.2, 0.25) is 5.88 Å². The smallest absolute Gasteiger partial charge is 0.389 e. The van der Waals surface area contributed by atoms with Crippen LogP contribution in [0.3, 0.4) is 0 Å². The average molecular weight is 206 g/mol. The molecule has 0 aliphatic heterocycles. The molecule has 6 nitrogen and oxygen atoms in total. The van der Waals surface area contributed by atoms with Crippen LogP contribution in [0.25, 0.3) is 0 Å². The van der Waals surface area contributed by atoms with Gasteiger partial charge in [-0.2, -0.15) is 0 Å². The number of aryl methyl sites for hydroxylation is 2. The second kappa shape index (κ2) is 3.56. The molecule has 2 heterocycles. The molecule has 2 rings (SSSR count). The topological polar surface area (TPSA) is 61.9 Å². The molecule has 2 aromatic heterocycles. The maximum absolute atomic E-state index is 11.6. The van der Waals surface area contributed by atoms with Crippen molar-refractivity contribution in [2.75, 3.05) is 0 Å². The van der Waals surface area contributed by atoms with E-state index in [-0.39, 0.29) is 5.88 Å². The third-order valence-electron chi connectivity index (χ3n) is 1.90. The molecule has 78 valence electrons. The Bertz CT molecular complexity index is 486. The molecule has 0 atom stereocenters. The molecular formula is C9H10N4O2. The molecule has 6 heteroatoms. The minimum atomic E-state index is -0.510. The van der Waals surface area contributed by atoms with E-state index in [1.807, 2.05) is 0 Å². The monoisotopic (exact) mass is 206 g/mol. The van der Waals surface area contributed by atoms with Crippen LogP contribution in [0.1, 0.15) is 5.82 Å². The van der Waals surface area contributed by atoms with Gasteiger partial charge in [0.15, 0.2) is 0 Å². The maximum Gasteiger partial charge on any atom is 0.426 e. The third kappa shape index (κ3) is 1.88. The van der Waals surface area contributed by atoms with Gasteiger partial charge in [-0.25, -0.2) is 14.3 Å². The largest absolute Gasteiger partial charge is 0.426 e. The zero-order chi connectivity index (χ0) is 10.8. The number of ether oxygens (including phenoxy) is 1. The Morgan fingerprint density at radius 2 is 2.27 bits per heavy atom. The Balaban J connectivity index is 2.14. The van der Waals surface area contributed by atoms with Crippen molar-refractivity contribution in [3.8, 4) is 5.88 Å². The first-order valence-corrected chi connectivity index (χ1v) is 4.38. The molecule has 15 heavy (non-hydrogen) atoms. The fourth-order valence-corrected chi connectivity index (χ4v) is 1.16. The predicted octanol–water partition coefficient (Wildman–Crippen LogP) is 0.972. The van der Waals surface area contributed by atoms with E-state index in [1.165, 1.54) is 10.8 Å². The molecular weight excluding hydrogens is 196 g/mol. The number of rotatable bonds is 1. The number of hydrogen-bond acceptors (Lipinski definition) is 4. The van der Waals surface area contributed by atoms with Crippen LogP contribution < -0.4 is 4.74 Å². The minimum Gasteiger partial charge on any atom is -0.389 e. The molecule has 0 fully saturated rings. The van der Waals surface area contributed by atoms with Crippen molar-refractivity contribution in [3.63, 3.8) is 0 Å². The fourth-order valence-electron chi connectivity index (χ4n) is 1.16. The number of hydrogen-bond donors (Lipinski definition) is 0. The lowest BCUT2D eigenvalue weighted by Crippen LogP contribution is -2.17. The molecule has 0 aliphatic carbocycles. The van der Waals surface area contributed by atoms with Crippen LogP contribution in [0, 0.1) is 6.92 Å². The summed E-state index contributed by atoms with van der Waals surface area (Å²) in [4.78, 5) is 15.5. The Kier molecular flexibility index (Phi) is 2.24. The summed E-state index contributed by atoms with van der Waals surface area (Å²) in [5, 5.41) is 3.93. The van der Waals surface area contributed by atoms with Crippen LogP contribution in [0.5, 0.6) is 5.88 Å². The number of carbonyl (C=O) groups excluding carboxylic acids is 1. The van der Waals surface area contributed by atoms with Gasteiger partial charge >= 0.3 is 6.09 Å². The van der Waals surface area contributed by atoms with Crippen molar-refractivity contribution in [3.05, 3.63) is 30.5 Å². The van der Waals surface area contributed by atoms with E-state index in [1.54, 1.807) is 37.1 Å². The number of nitrogens with zero attached hydrogens (tertiary/aromatic N) is 4. The van der Waals surface area contributed by atoms with Crippen LogP contribution in [-0.4, -0.2) is 25.4 Å². The average Bonchev–Trinajstić information content (AvgIpc) is 2.75. The zero-order valence-electron chi connectivity index (χ0n) is 8.41. The SMILES string of the molecule is Cc1nccn1C(=O)Oc1ccn(C)n1. The minimum absolute atomic E-state index is 0.274. The second-order valence-corrected chi connectivity index (χ2v) is 3.04. The van der Waals surface area contributed by atoms with E-state index >= 15 is 0 Å². The summed E-state index contributed by atoms with van der Waals surface area (Å²) >= 11 is 0. The van der Waals surface area contributed by atoms with Gasteiger partial charge in [0.05, 0.1) is 0 Å². The van der Waals surface area contributed by atoms with Gasteiger partial charge in [-0.3, -0.25) is 4.68 Å². The Morgan fingerprint density at radius 1 is 1.47 bits per heavy atom. The standard InChI is InChI=1S/C9H10N4O2/c1-7-10-4-6-13(7)9(14)15-8-3-5-12(2)11-8/h3-6H,1-2H3. The lowest BCUT2D eigenvalue weighted by molar-refractivity contribution is 0.199. The van der Waals surface area contributed by atoms with Gasteiger partial charge in [0.1, 0.15) is 5.82 Å². The van der Waals surface area contributed by atoms with Crippen molar-refractivity contribution in [2.24, 2.45) is 7.05 Å². The molecule has 0 radical (unpaired) electrons. The molecule has 0 spiro atoms. The molecule has 0 aliphatic rings. The van der Waals surface area contributed by atoms with E-state index in [0.717, 1.165) is 0 Å². The summed E-state index contributed by atoms with van der Waals surface area (Å²) in [6, 6.07) is 1.62. The van der Waals surface area contributed by atoms with Crippen molar-refractivity contribution in [1.29, 1.82) is 0 Å². The van der Waals surface area contributed by atoms with Crippen molar-refractivity contribution < 1.29 is 9.53 Å². The van der Waals surface area contributed by atoms with Gasteiger partial charge in [-0.1, -0.05) is 0 Å². The summed E-state index contributed by atoms with van der Waals surface area (Å²) in [6.07, 6.45) is 4.27. The normalized spacial score (nSPS) is 10.3. The number of carbonyl (C=O) groups is 1. The molecule has 0 aromatic carbocycles. The molecule has 2 aromatic rings. The lowest BCUT2D eigenvalue weighted by Gasteiger charge is -2.01. The molecule has 0 saturated carbocycles. The van der Waals surface area contributed by atoms with Crippen molar-refractivity contribution in [1.82, 2.24) is 19.3 Å². The number of aromatic nitrogens is 4. The predicted molar refractivity (Wildman–Crippen MR) is 51.6 cm³/mol. The first kappa shape index (κ1) is 9.45. The zero-order valence-corrected chi connectivity index (χ0v) is 8.41. The second-order valence-electron chi connectivity index (χ2n) is 3.04. The maximum atomic E-state index is 11.6. The lowest BCUT2D eigenvalue weighted by atomic mass is 10.7. The summed E-state index contributed by atoms with van der Waals surface area (Å²) in [6.45, 7) is 1.72. The molecule has 0 bridgehead atoms. The van der Waals surface area contributed by atoms with E-state index < -0.39 is 6.09 Å². The van der Waals surface area contributed by atoms with Gasteiger partial charge < -0.3 is 4.74 Å². The third-order valence-corrected chi connectivity index (χ3v) is 1.90. The van der Waals surface area contributed by atoms with Crippen LogP contribution in [0.15, 0.2) is 24.7 Å². The quantitative estimate of drug-likeness (QED) is 0.697. The van der Waals surface area contributed by atoms with Crippen molar-refractivity contribution in [2.45, 2.75) is 6.92 Å². The fraction of sp³-hybridized carbons (Fsp3) is 0.222. The van der Waals surface area contributed by atoms with Gasteiger partial charge in [-0.05, 0) is 6.92 Å². The van der Waals surface area contributed by atoms with Crippen LogP contribution in [-0.2, 0) is 7.05 Å². The highest BCUT2D eigenvalue weighted by Gasteiger charge is 2.10. The molecule has 0 amide bonds. The highest BCUT2D eigenvalue weighted by atomic mass is 16.6. The van der Waals surface area contributed by atoms with E-state index in [4.69, 9.17) is 4.74 Å². The van der Waals surface area contributed by atoms with Gasteiger partial charge in [0, 0.05) is 31.7 Å². The highest BCUT2D eigenvalue weighted by molar-refractivity contribution is 5.73. The summed E-state index contributed by atoms with van der Waals surface area (Å²) in [5.74, 6) is 0.853. The Morgan fingerprint density at radius 3 is 2.80 bits per heavy atom. The van der Waals surface area contributed by atoms with Gasteiger partial charge in [-0.15, -0.1) is 5.10 Å². The summed E-state index contributed by atoms with van der Waals surface area (Å²) in [7, 11) is 1.75. The molecule has 0 unspecified atom stereocenters. The van der Waals surface area contributed by atoms with Gasteiger partial charge in [0.25, 0.3) is 0 Å². The Hall–Kier alpha value is -2.11. The Labute approximate surface area is 86.1 Å². The number of imidazole rings is 1. The van der Waals surface area contributed by atoms with Crippen molar-refractivity contribution >= 4 is 6.09 Å². The van der Waals surface area contributed by atoms with Crippen LogP contribution >= 0.6 is 0 Å². The van der Waals surface area contributed by atoms with Crippen LogP contribution in [0.4, 0.5) is 4.79 Å². The summed E-state index contributed by atoms with van der Waals surface area (Å²) in [5.41, 5.74) is 0. The highest BCUT2D eigenvalue weighted by Crippen LogP contribution is 2.06. The first-order chi connectivity index (χ1) is 7.16. The van der Waals surface area contributed by atoms with E-state index in [9.17, 15) is 4.79 Å². The molecule has 0 N–H and O–H groups in total.